The molecule has 1 aliphatic heterocycles. The molecule has 2 heterocycles. The van der Waals surface area contributed by atoms with Crippen LogP contribution in [0.25, 0.3) is 10.9 Å². The first-order valence-corrected chi connectivity index (χ1v) is 9.16. The van der Waals surface area contributed by atoms with Crippen LogP contribution < -0.4 is 4.90 Å². The highest BCUT2D eigenvalue weighted by atomic mass is 19.1. The molecule has 1 aliphatic rings. The monoisotopic (exact) mass is 368 g/mol. The van der Waals surface area contributed by atoms with Crippen molar-refractivity contribution in [3.05, 3.63) is 71.4 Å². The highest BCUT2D eigenvalue weighted by Crippen LogP contribution is 2.39. The lowest BCUT2D eigenvalue weighted by Crippen LogP contribution is -2.32. The van der Waals surface area contributed by atoms with Gasteiger partial charge in [0, 0.05) is 35.3 Å². The fourth-order valence-electron chi connectivity index (χ4n) is 4.09. The number of anilines is 1. The van der Waals surface area contributed by atoms with Crippen LogP contribution in [-0.2, 0) is 6.42 Å². The highest BCUT2D eigenvalue weighted by molar-refractivity contribution is 5.92. The number of para-hydroxylation sites is 1. The largest absolute Gasteiger partial charge is 0.396 e. The number of rotatable bonds is 4. The second-order valence-corrected chi connectivity index (χ2v) is 7.55. The molecular formula is C22H22F2N2O. The van der Waals surface area contributed by atoms with E-state index in [-0.39, 0.29) is 23.7 Å². The topological polar surface area (TPSA) is 36.4 Å². The Morgan fingerprint density at radius 1 is 1.15 bits per heavy atom. The van der Waals surface area contributed by atoms with E-state index in [0.717, 1.165) is 35.3 Å². The van der Waals surface area contributed by atoms with Crippen molar-refractivity contribution >= 4 is 16.6 Å². The van der Waals surface area contributed by atoms with Crippen molar-refractivity contribution in [1.29, 1.82) is 0 Å². The van der Waals surface area contributed by atoms with Crippen molar-refractivity contribution in [3.8, 4) is 0 Å². The molecule has 1 unspecified atom stereocenters. The maximum absolute atomic E-state index is 14.2. The first kappa shape index (κ1) is 17.9. The molecule has 0 aliphatic carbocycles. The van der Waals surface area contributed by atoms with E-state index in [2.05, 4.69) is 9.88 Å². The number of pyridine rings is 1. The van der Waals surface area contributed by atoms with E-state index in [4.69, 9.17) is 0 Å². The predicted octanol–water partition coefficient (Wildman–Crippen LogP) is 4.25. The van der Waals surface area contributed by atoms with Gasteiger partial charge in [0.25, 0.3) is 0 Å². The normalized spacial score (nSPS) is 19.8. The fraction of sp³-hybridized carbons (Fsp3) is 0.318. The van der Waals surface area contributed by atoms with Gasteiger partial charge in [-0.1, -0.05) is 24.3 Å². The van der Waals surface area contributed by atoms with Crippen molar-refractivity contribution in [2.45, 2.75) is 19.8 Å². The Morgan fingerprint density at radius 2 is 1.93 bits per heavy atom. The van der Waals surface area contributed by atoms with Gasteiger partial charge in [-0.15, -0.1) is 0 Å². The summed E-state index contributed by atoms with van der Waals surface area (Å²) in [5.74, 6) is -0.581. The molecule has 0 amide bonds. The number of aliphatic hydroxyl groups excluding tert-OH is 1. The molecular weight excluding hydrogens is 346 g/mol. The number of nitrogens with zero attached hydrogens (tertiary/aromatic N) is 2. The summed E-state index contributed by atoms with van der Waals surface area (Å²) in [6, 6.07) is 13.5. The third-order valence-corrected chi connectivity index (χ3v) is 5.50. The molecule has 5 heteroatoms. The molecule has 1 saturated heterocycles. The number of aryl methyl sites for hydroxylation is 1. The van der Waals surface area contributed by atoms with Gasteiger partial charge in [0.05, 0.1) is 6.61 Å². The minimum Gasteiger partial charge on any atom is -0.396 e. The molecule has 4 rings (SSSR count). The molecule has 3 nitrogen and oxygen atoms in total. The number of hydrogen-bond acceptors (Lipinski definition) is 3. The van der Waals surface area contributed by atoms with Crippen LogP contribution in [0.15, 0.2) is 48.5 Å². The van der Waals surface area contributed by atoms with E-state index >= 15 is 0 Å². The van der Waals surface area contributed by atoms with Gasteiger partial charge < -0.3 is 10.0 Å². The van der Waals surface area contributed by atoms with E-state index in [1.54, 1.807) is 18.2 Å². The lowest BCUT2D eigenvalue weighted by Gasteiger charge is -2.28. The van der Waals surface area contributed by atoms with Crippen molar-refractivity contribution < 1.29 is 13.9 Å². The SMILES string of the molecule is Cc1cc(N2CCC(CO)(Cc3ccc(F)cc3)C2)c2cccc(F)c2n1. The third kappa shape index (κ3) is 3.39. The minimum absolute atomic E-state index is 0.0528. The number of fused-ring (bicyclic) bond motifs is 1. The maximum Gasteiger partial charge on any atom is 0.149 e. The number of aliphatic hydroxyl groups is 1. The van der Waals surface area contributed by atoms with Gasteiger partial charge in [-0.3, -0.25) is 0 Å². The standard InChI is InChI=1S/C22H22F2N2O/c1-15-11-20(18-3-2-4-19(24)21(18)25-15)26-10-9-22(13-26,14-27)12-16-5-7-17(23)8-6-16/h2-8,11,27H,9-10,12-14H2,1H3. The molecule has 1 aromatic heterocycles. The average molecular weight is 368 g/mol. The van der Waals surface area contributed by atoms with Crippen LogP contribution in [0, 0.1) is 24.0 Å². The number of halogens is 2. The fourth-order valence-corrected chi connectivity index (χ4v) is 4.09. The summed E-state index contributed by atoms with van der Waals surface area (Å²) >= 11 is 0. The van der Waals surface area contributed by atoms with E-state index in [9.17, 15) is 13.9 Å². The summed E-state index contributed by atoms with van der Waals surface area (Å²) in [5.41, 5.74) is 2.81. The second kappa shape index (κ2) is 6.89. The molecule has 140 valence electrons. The van der Waals surface area contributed by atoms with Crippen LogP contribution in [0.2, 0.25) is 0 Å². The summed E-state index contributed by atoms with van der Waals surface area (Å²) in [7, 11) is 0. The molecule has 3 aromatic rings. The Bertz CT molecular complexity index is 974. The molecule has 1 fully saturated rings. The van der Waals surface area contributed by atoms with Gasteiger partial charge in [-0.05, 0) is 49.6 Å². The Balaban J connectivity index is 1.66. The highest BCUT2D eigenvalue weighted by Gasteiger charge is 2.38. The van der Waals surface area contributed by atoms with Gasteiger partial charge >= 0.3 is 0 Å². The van der Waals surface area contributed by atoms with Crippen molar-refractivity contribution in [2.75, 3.05) is 24.6 Å². The zero-order valence-corrected chi connectivity index (χ0v) is 15.3. The molecule has 2 aromatic carbocycles. The Labute approximate surface area is 157 Å². The van der Waals surface area contributed by atoms with Crippen LogP contribution in [-0.4, -0.2) is 29.8 Å². The average Bonchev–Trinajstić information content (AvgIpc) is 3.08. The Kier molecular flexibility index (Phi) is 4.56. The van der Waals surface area contributed by atoms with Crippen LogP contribution >= 0.6 is 0 Å². The molecule has 0 spiro atoms. The maximum atomic E-state index is 14.2. The Hall–Kier alpha value is -2.53. The third-order valence-electron chi connectivity index (χ3n) is 5.50. The van der Waals surface area contributed by atoms with E-state index in [0.29, 0.717) is 18.5 Å². The molecule has 1 N–H and O–H groups in total. The molecule has 0 radical (unpaired) electrons. The lowest BCUT2D eigenvalue weighted by molar-refractivity contribution is 0.144. The molecule has 0 saturated carbocycles. The van der Waals surface area contributed by atoms with Gasteiger partial charge in [0.15, 0.2) is 0 Å². The van der Waals surface area contributed by atoms with Crippen molar-refractivity contribution in [2.24, 2.45) is 5.41 Å². The molecule has 27 heavy (non-hydrogen) atoms. The zero-order valence-electron chi connectivity index (χ0n) is 15.3. The smallest absolute Gasteiger partial charge is 0.149 e. The van der Waals surface area contributed by atoms with Crippen LogP contribution in [0.4, 0.5) is 14.5 Å². The second-order valence-electron chi connectivity index (χ2n) is 7.55. The molecule has 0 bridgehead atoms. The van der Waals surface area contributed by atoms with Gasteiger partial charge in [-0.2, -0.15) is 0 Å². The summed E-state index contributed by atoms with van der Waals surface area (Å²) in [6.45, 7) is 3.35. The predicted molar refractivity (Wildman–Crippen MR) is 103 cm³/mol. The van der Waals surface area contributed by atoms with Gasteiger partial charge in [-0.25, -0.2) is 13.8 Å². The number of benzene rings is 2. The van der Waals surface area contributed by atoms with Gasteiger partial charge in [0.1, 0.15) is 17.2 Å². The van der Waals surface area contributed by atoms with E-state index in [1.165, 1.54) is 18.2 Å². The minimum atomic E-state index is -0.323. The van der Waals surface area contributed by atoms with Crippen LogP contribution in [0.3, 0.4) is 0 Å². The van der Waals surface area contributed by atoms with E-state index < -0.39 is 0 Å². The van der Waals surface area contributed by atoms with Crippen molar-refractivity contribution in [3.63, 3.8) is 0 Å². The van der Waals surface area contributed by atoms with Crippen LogP contribution in [0.5, 0.6) is 0 Å². The van der Waals surface area contributed by atoms with Crippen LogP contribution in [0.1, 0.15) is 17.7 Å². The summed E-state index contributed by atoms with van der Waals surface area (Å²) in [6.07, 6.45) is 1.50. The lowest BCUT2D eigenvalue weighted by atomic mass is 9.81. The first-order chi connectivity index (χ1) is 13.0. The summed E-state index contributed by atoms with van der Waals surface area (Å²) in [5, 5.41) is 10.9. The first-order valence-electron chi connectivity index (χ1n) is 9.16. The summed E-state index contributed by atoms with van der Waals surface area (Å²) < 4.78 is 27.4. The van der Waals surface area contributed by atoms with Gasteiger partial charge in [0.2, 0.25) is 0 Å². The summed E-state index contributed by atoms with van der Waals surface area (Å²) in [4.78, 5) is 6.56. The number of hydrogen-bond donors (Lipinski definition) is 1. The zero-order chi connectivity index (χ0) is 19.0. The van der Waals surface area contributed by atoms with Crippen molar-refractivity contribution in [1.82, 2.24) is 4.98 Å². The number of aromatic nitrogens is 1. The van der Waals surface area contributed by atoms with E-state index in [1.807, 2.05) is 19.1 Å². The molecule has 1 atom stereocenters. The quantitative estimate of drug-likeness (QED) is 0.748. The Morgan fingerprint density at radius 3 is 2.67 bits per heavy atom.